The Labute approximate surface area is 35.9 Å². The SMILES string of the molecule is C[CH]=[Co]([NH2])[NH2]. The monoisotopic (exact) mass is 119 g/mol. The molecule has 5 heavy (non-hydrogen) atoms. The van der Waals surface area contributed by atoms with Gasteiger partial charge in [-0.25, -0.2) is 0 Å². The predicted molar refractivity (Wildman–Crippen MR) is 20.1 cm³/mol. The molecule has 0 spiro atoms. The summed E-state index contributed by atoms with van der Waals surface area (Å²) in [5.74, 6) is 0. The fraction of sp³-hybridized carbons (Fsp3) is 0.500. The van der Waals surface area contributed by atoms with Crippen molar-refractivity contribution in [3.8, 4) is 0 Å². The second-order valence-electron chi connectivity index (χ2n) is 0.526. The number of nitrogens with two attached hydrogens (primary N) is 2. The third kappa shape index (κ3) is 4.30. The third-order valence-corrected chi connectivity index (χ3v) is 0.916. The van der Waals surface area contributed by atoms with Crippen LogP contribution in [0.2, 0.25) is 0 Å². The summed E-state index contributed by atoms with van der Waals surface area (Å²) in [7, 11) is 0. The molecule has 0 heterocycles. The van der Waals surface area contributed by atoms with E-state index in [9.17, 15) is 0 Å². The second kappa shape index (κ2) is 2.53. The summed E-state index contributed by atoms with van der Waals surface area (Å²) in [6.07, 6.45) is 0. The molecule has 0 unspecified atom stereocenters. The van der Waals surface area contributed by atoms with Crippen LogP contribution in [-0.2, 0) is 13.7 Å². The zero-order chi connectivity index (χ0) is 4.28. The molecule has 0 amide bonds. The van der Waals surface area contributed by atoms with E-state index < -0.39 is 13.7 Å². The minimum atomic E-state index is -0.706. The van der Waals surface area contributed by atoms with Crippen molar-refractivity contribution in [2.75, 3.05) is 0 Å². The summed E-state index contributed by atoms with van der Waals surface area (Å²) >= 11 is -0.706. The maximum absolute atomic E-state index is 5.08. The molecule has 0 bridgehead atoms. The summed E-state index contributed by atoms with van der Waals surface area (Å²) < 4.78 is 0. The van der Waals surface area contributed by atoms with E-state index in [4.69, 9.17) is 9.56 Å². The zero-order valence-corrected chi connectivity index (χ0v) is 4.11. The third-order valence-electron chi connectivity index (χ3n) is 0.222. The van der Waals surface area contributed by atoms with E-state index in [1.54, 1.807) is 4.96 Å². The van der Waals surface area contributed by atoms with Crippen LogP contribution < -0.4 is 9.56 Å². The fourth-order valence-electron chi connectivity index (χ4n) is 0. The zero-order valence-electron chi connectivity index (χ0n) is 3.07. The average Bonchev–Trinajstić information content (AvgIpc) is 1.38. The van der Waals surface area contributed by atoms with Crippen LogP contribution in [-0.4, -0.2) is 4.96 Å². The molecule has 0 aliphatic heterocycles. The Morgan fingerprint density at radius 1 is 1.60 bits per heavy atom. The van der Waals surface area contributed by atoms with Gasteiger partial charge in [-0.2, -0.15) is 0 Å². The van der Waals surface area contributed by atoms with E-state index in [2.05, 4.69) is 0 Å². The standard InChI is InChI=1S/C2H4.Co.2H2N/c1-2;;;/h1H,2H3;;2*1H2/q;+2;2*-1. The molecular weight excluding hydrogens is 111 g/mol. The van der Waals surface area contributed by atoms with Gasteiger partial charge in [0.25, 0.3) is 0 Å². The molecule has 0 aromatic carbocycles. The summed E-state index contributed by atoms with van der Waals surface area (Å²) in [6, 6.07) is 0. The molecule has 2 nitrogen and oxygen atoms in total. The first-order valence-electron chi connectivity index (χ1n) is 1.15. The van der Waals surface area contributed by atoms with Crippen LogP contribution in [0.4, 0.5) is 0 Å². The van der Waals surface area contributed by atoms with Gasteiger partial charge in [-0.3, -0.25) is 0 Å². The summed E-state index contributed by atoms with van der Waals surface area (Å²) in [6.45, 7) is 1.85. The number of hydrogen-bond donors (Lipinski definition) is 2. The molecule has 35 valence electrons. The molecule has 0 aliphatic rings. The van der Waals surface area contributed by atoms with Gasteiger partial charge < -0.3 is 0 Å². The van der Waals surface area contributed by atoms with Gasteiger partial charge >= 0.3 is 35.1 Å². The molecule has 0 atom stereocenters. The maximum atomic E-state index is 5.08. The topological polar surface area (TPSA) is 52.0 Å². The Kier molecular flexibility index (Phi) is 2.68. The van der Waals surface area contributed by atoms with Gasteiger partial charge in [0.2, 0.25) is 0 Å². The van der Waals surface area contributed by atoms with Gasteiger partial charge in [0.1, 0.15) is 0 Å². The van der Waals surface area contributed by atoms with E-state index in [-0.39, 0.29) is 0 Å². The molecule has 3 heteroatoms. The summed E-state index contributed by atoms with van der Waals surface area (Å²) in [5, 5.41) is 0. The fourth-order valence-corrected chi connectivity index (χ4v) is 0. The van der Waals surface area contributed by atoms with Crippen LogP contribution in [0.3, 0.4) is 0 Å². The molecule has 0 aromatic heterocycles. The Bertz CT molecular complexity index is 45.6. The van der Waals surface area contributed by atoms with Gasteiger partial charge in [-0.1, -0.05) is 0 Å². The van der Waals surface area contributed by atoms with Crippen molar-refractivity contribution in [1.82, 2.24) is 0 Å². The molecule has 0 fully saturated rings. The van der Waals surface area contributed by atoms with Crippen molar-refractivity contribution < 1.29 is 13.7 Å². The normalized spacial score (nSPS) is 10.6. The van der Waals surface area contributed by atoms with E-state index in [0.29, 0.717) is 0 Å². The van der Waals surface area contributed by atoms with Crippen molar-refractivity contribution in [1.29, 1.82) is 0 Å². The first-order chi connectivity index (χ1) is 2.27. The quantitative estimate of drug-likeness (QED) is 0.437. The summed E-state index contributed by atoms with van der Waals surface area (Å²) in [5.41, 5.74) is 0. The Morgan fingerprint density at radius 2 is 1.80 bits per heavy atom. The van der Waals surface area contributed by atoms with Crippen molar-refractivity contribution in [2.24, 2.45) is 9.56 Å². The van der Waals surface area contributed by atoms with Crippen molar-refractivity contribution in [2.45, 2.75) is 6.92 Å². The van der Waals surface area contributed by atoms with Crippen molar-refractivity contribution in [3.63, 3.8) is 0 Å². The van der Waals surface area contributed by atoms with Gasteiger partial charge in [-0.15, -0.1) is 0 Å². The van der Waals surface area contributed by atoms with E-state index in [0.717, 1.165) is 0 Å². The van der Waals surface area contributed by atoms with Crippen LogP contribution in [0, 0.1) is 0 Å². The van der Waals surface area contributed by atoms with Gasteiger partial charge in [-0.05, 0) is 0 Å². The van der Waals surface area contributed by atoms with E-state index >= 15 is 0 Å². The van der Waals surface area contributed by atoms with Gasteiger partial charge in [0, 0.05) is 0 Å². The molecule has 4 N–H and O–H groups in total. The van der Waals surface area contributed by atoms with E-state index in [1.165, 1.54) is 0 Å². The molecule has 0 aliphatic carbocycles. The predicted octanol–water partition coefficient (Wildman–Crippen LogP) is -0.826. The second-order valence-corrected chi connectivity index (χ2v) is 2.17. The molecule has 0 radical (unpaired) electrons. The van der Waals surface area contributed by atoms with Crippen LogP contribution in [0.5, 0.6) is 0 Å². The molecule has 0 saturated heterocycles. The van der Waals surface area contributed by atoms with Crippen LogP contribution in [0.1, 0.15) is 6.92 Å². The number of rotatable bonds is 0. The van der Waals surface area contributed by atoms with Gasteiger partial charge in [0.05, 0.1) is 0 Å². The molecule has 0 saturated carbocycles. The molecular formula is C2H8CoN2. The summed E-state index contributed by atoms with van der Waals surface area (Å²) in [4.78, 5) is 11.9. The van der Waals surface area contributed by atoms with Crippen molar-refractivity contribution >= 4 is 4.96 Å². The van der Waals surface area contributed by atoms with Crippen LogP contribution in [0.15, 0.2) is 0 Å². The van der Waals surface area contributed by atoms with E-state index in [1.807, 2.05) is 6.92 Å². The Morgan fingerprint density at radius 3 is 1.80 bits per heavy atom. The Hall–Kier alpha value is 0.296. The van der Waals surface area contributed by atoms with Gasteiger partial charge in [0.15, 0.2) is 0 Å². The van der Waals surface area contributed by atoms with Crippen molar-refractivity contribution in [3.05, 3.63) is 0 Å². The minimum absolute atomic E-state index is 0.706. The van der Waals surface area contributed by atoms with Crippen LogP contribution in [0.25, 0.3) is 0 Å². The number of hydrogen-bond acceptors (Lipinski definition) is 2. The Balaban J connectivity index is 3.14. The first-order valence-corrected chi connectivity index (χ1v) is 2.96. The average molecular weight is 119 g/mol. The molecule has 0 rings (SSSR count). The molecule has 0 aromatic rings. The van der Waals surface area contributed by atoms with Crippen LogP contribution >= 0.6 is 0 Å². The first kappa shape index (κ1) is 5.30.